The van der Waals surface area contributed by atoms with E-state index in [1.54, 1.807) is 6.07 Å². The quantitative estimate of drug-likeness (QED) is 0.196. The molecule has 1 aromatic heterocycles. The molecule has 6 N–H and O–H groups in total. The lowest BCUT2D eigenvalue weighted by Gasteiger charge is -2.17. The molecule has 8 nitrogen and oxygen atoms in total. The maximum atomic E-state index is 13.7. The molecular weight excluding hydrogens is 387 g/mol. The van der Waals surface area contributed by atoms with Gasteiger partial charge >= 0.3 is 0 Å². The highest BCUT2D eigenvalue weighted by atomic mass is 19.1. The Morgan fingerprint density at radius 3 is 2.57 bits per heavy atom. The summed E-state index contributed by atoms with van der Waals surface area (Å²) in [5.74, 6) is 6.60. The SMILES string of the molecule is Cc1ccc(F)cc1Nc1nc(NN)c(-c2ccccc2)c(NCCOCCO)n1. The Labute approximate surface area is 174 Å². The fourth-order valence-electron chi connectivity index (χ4n) is 2.88. The lowest BCUT2D eigenvalue weighted by Crippen LogP contribution is -2.17. The zero-order valence-corrected chi connectivity index (χ0v) is 16.7. The number of anilines is 4. The van der Waals surface area contributed by atoms with Crippen LogP contribution in [0, 0.1) is 12.7 Å². The smallest absolute Gasteiger partial charge is 0.231 e. The van der Waals surface area contributed by atoms with Crippen LogP contribution in [0.15, 0.2) is 48.5 Å². The molecule has 30 heavy (non-hydrogen) atoms. The first-order valence-corrected chi connectivity index (χ1v) is 9.52. The molecule has 0 radical (unpaired) electrons. The number of hydrogen-bond acceptors (Lipinski definition) is 8. The number of nitrogen functional groups attached to an aromatic ring is 1. The number of aryl methyl sites for hydroxylation is 1. The third kappa shape index (κ3) is 5.41. The van der Waals surface area contributed by atoms with Crippen LogP contribution in [-0.4, -0.2) is 41.4 Å². The molecule has 0 bridgehead atoms. The minimum Gasteiger partial charge on any atom is -0.394 e. The zero-order chi connectivity index (χ0) is 21.3. The lowest BCUT2D eigenvalue weighted by molar-refractivity contribution is 0.0992. The third-order valence-corrected chi connectivity index (χ3v) is 4.33. The molecule has 0 aliphatic rings. The Hall–Kier alpha value is -3.27. The molecule has 0 unspecified atom stereocenters. The van der Waals surface area contributed by atoms with Gasteiger partial charge in [0.15, 0.2) is 5.82 Å². The predicted molar refractivity (Wildman–Crippen MR) is 116 cm³/mol. The second-order valence-corrected chi connectivity index (χ2v) is 6.48. The summed E-state index contributed by atoms with van der Waals surface area (Å²) in [7, 11) is 0. The second kappa shape index (κ2) is 10.5. The largest absolute Gasteiger partial charge is 0.394 e. The number of rotatable bonds is 10. The zero-order valence-electron chi connectivity index (χ0n) is 16.7. The van der Waals surface area contributed by atoms with Crippen molar-refractivity contribution in [3.63, 3.8) is 0 Å². The molecule has 2 aromatic carbocycles. The summed E-state index contributed by atoms with van der Waals surface area (Å²) in [5.41, 5.74) is 5.60. The van der Waals surface area contributed by atoms with Gasteiger partial charge in [0.1, 0.15) is 11.6 Å². The van der Waals surface area contributed by atoms with Crippen molar-refractivity contribution in [2.24, 2.45) is 5.84 Å². The molecule has 0 spiro atoms. The fourth-order valence-corrected chi connectivity index (χ4v) is 2.88. The van der Waals surface area contributed by atoms with Crippen molar-refractivity contribution >= 4 is 23.3 Å². The van der Waals surface area contributed by atoms with Crippen LogP contribution in [0.5, 0.6) is 0 Å². The molecular formula is C21H25FN6O2. The van der Waals surface area contributed by atoms with Gasteiger partial charge in [0.05, 0.1) is 25.4 Å². The van der Waals surface area contributed by atoms with E-state index in [4.69, 9.17) is 15.7 Å². The molecule has 3 aromatic rings. The maximum absolute atomic E-state index is 13.7. The van der Waals surface area contributed by atoms with Gasteiger partial charge < -0.3 is 25.9 Å². The van der Waals surface area contributed by atoms with Crippen LogP contribution in [0.3, 0.4) is 0 Å². The van der Waals surface area contributed by atoms with Crippen LogP contribution < -0.4 is 21.9 Å². The van der Waals surface area contributed by atoms with E-state index in [9.17, 15) is 4.39 Å². The summed E-state index contributed by atoms with van der Waals surface area (Å²) >= 11 is 0. The highest BCUT2D eigenvalue weighted by molar-refractivity contribution is 5.85. The van der Waals surface area contributed by atoms with Crippen LogP contribution in [0.2, 0.25) is 0 Å². The average molecular weight is 412 g/mol. The first-order valence-electron chi connectivity index (χ1n) is 9.52. The number of aliphatic hydroxyl groups is 1. The van der Waals surface area contributed by atoms with Crippen molar-refractivity contribution in [1.29, 1.82) is 0 Å². The van der Waals surface area contributed by atoms with Gasteiger partial charge in [0.25, 0.3) is 0 Å². The molecule has 0 amide bonds. The molecule has 3 rings (SSSR count). The van der Waals surface area contributed by atoms with E-state index in [0.717, 1.165) is 11.1 Å². The summed E-state index contributed by atoms with van der Waals surface area (Å²) < 4.78 is 19.0. The standard InChI is InChI=1S/C21H25FN6O2/c1-14-7-8-16(22)13-17(14)25-21-26-19(24-9-11-30-12-10-29)18(20(27-21)28-23)15-5-3-2-4-6-15/h2-8,13,29H,9-12,23H2,1H3,(H3,24,25,26,27,28). The normalized spacial score (nSPS) is 10.7. The number of ether oxygens (including phenoxy) is 1. The van der Waals surface area contributed by atoms with Gasteiger partial charge in [0.2, 0.25) is 5.95 Å². The van der Waals surface area contributed by atoms with Crippen molar-refractivity contribution in [2.45, 2.75) is 6.92 Å². The lowest BCUT2D eigenvalue weighted by atomic mass is 10.1. The molecule has 9 heteroatoms. The molecule has 1 heterocycles. The third-order valence-electron chi connectivity index (χ3n) is 4.33. The number of hydrogen-bond donors (Lipinski definition) is 5. The number of aliphatic hydroxyl groups excluding tert-OH is 1. The molecule has 0 atom stereocenters. The number of nitrogens with zero attached hydrogens (tertiary/aromatic N) is 2. The number of nitrogens with one attached hydrogen (secondary N) is 3. The Morgan fingerprint density at radius 2 is 1.83 bits per heavy atom. The predicted octanol–water partition coefficient (Wildman–Crippen LogP) is 3.04. The number of aromatic nitrogens is 2. The van der Waals surface area contributed by atoms with Crippen LogP contribution in [-0.2, 0) is 4.74 Å². The Balaban J connectivity index is 1.96. The van der Waals surface area contributed by atoms with Gasteiger partial charge in [-0.1, -0.05) is 36.4 Å². The van der Waals surface area contributed by atoms with Crippen LogP contribution >= 0.6 is 0 Å². The van der Waals surface area contributed by atoms with Crippen molar-refractivity contribution in [3.05, 3.63) is 59.9 Å². The summed E-state index contributed by atoms with van der Waals surface area (Å²) in [5, 5.41) is 15.1. The molecule has 0 fully saturated rings. The second-order valence-electron chi connectivity index (χ2n) is 6.48. The monoisotopic (exact) mass is 412 g/mol. The van der Waals surface area contributed by atoms with Crippen LogP contribution in [0.4, 0.5) is 27.7 Å². The Bertz CT molecular complexity index is 971. The van der Waals surface area contributed by atoms with Crippen LogP contribution in [0.25, 0.3) is 11.1 Å². The van der Waals surface area contributed by atoms with Gasteiger partial charge in [-0.25, -0.2) is 10.2 Å². The van der Waals surface area contributed by atoms with Gasteiger partial charge in [-0.15, -0.1) is 0 Å². The van der Waals surface area contributed by atoms with E-state index in [0.29, 0.717) is 36.0 Å². The van der Waals surface area contributed by atoms with Crippen molar-refractivity contribution in [2.75, 3.05) is 42.4 Å². The Morgan fingerprint density at radius 1 is 1.07 bits per heavy atom. The van der Waals surface area contributed by atoms with Gasteiger partial charge in [-0.2, -0.15) is 9.97 Å². The van der Waals surface area contributed by atoms with Crippen LogP contribution in [0.1, 0.15) is 5.56 Å². The first-order chi connectivity index (χ1) is 14.6. The molecule has 0 aliphatic carbocycles. The van der Waals surface area contributed by atoms with E-state index >= 15 is 0 Å². The van der Waals surface area contributed by atoms with Gasteiger partial charge in [-0.05, 0) is 30.2 Å². The number of benzene rings is 2. The average Bonchev–Trinajstić information content (AvgIpc) is 2.76. The Kier molecular flexibility index (Phi) is 7.50. The van der Waals surface area contributed by atoms with E-state index in [2.05, 4.69) is 26.0 Å². The van der Waals surface area contributed by atoms with E-state index in [1.165, 1.54) is 12.1 Å². The van der Waals surface area contributed by atoms with Gasteiger partial charge in [0, 0.05) is 12.2 Å². The molecule has 0 aliphatic heterocycles. The number of halogens is 1. The van der Waals surface area contributed by atoms with Crippen molar-refractivity contribution in [1.82, 2.24) is 9.97 Å². The minimum absolute atomic E-state index is 0.0366. The topological polar surface area (TPSA) is 117 Å². The first kappa shape index (κ1) is 21.4. The number of hydrazine groups is 1. The minimum atomic E-state index is -0.361. The highest BCUT2D eigenvalue weighted by Crippen LogP contribution is 2.34. The maximum Gasteiger partial charge on any atom is 0.231 e. The van der Waals surface area contributed by atoms with E-state index < -0.39 is 0 Å². The summed E-state index contributed by atoms with van der Waals surface area (Å²) in [6.45, 7) is 2.93. The number of nitrogens with two attached hydrogens (primary N) is 1. The summed E-state index contributed by atoms with van der Waals surface area (Å²) in [6.07, 6.45) is 0. The molecule has 0 saturated carbocycles. The summed E-state index contributed by atoms with van der Waals surface area (Å²) in [4.78, 5) is 9.05. The molecule has 158 valence electrons. The van der Waals surface area contributed by atoms with E-state index in [-0.39, 0.29) is 25.0 Å². The van der Waals surface area contributed by atoms with E-state index in [1.807, 2.05) is 37.3 Å². The van der Waals surface area contributed by atoms with Gasteiger partial charge in [-0.3, -0.25) is 0 Å². The summed E-state index contributed by atoms with van der Waals surface area (Å²) in [6, 6.07) is 14.0. The van der Waals surface area contributed by atoms with Crippen molar-refractivity contribution < 1.29 is 14.2 Å². The van der Waals surface area contributed by atoms with Crippen molar-refractivity contribution in [3.8, 4) is 11.1 Å². The highest BCUT2D eigenvalue weighted by Gasteiger charge is 2.16. The fraction of sp³-hybridized carbons (Fsp3) is 0.238. The molecule has 0 saturated heterocycles.